The van der Waals surface area contributed by atoms with Gasteiger partial charge in [0.15, 0.2) is 0 Å². The van der Waals surface area contributed by atoms with Crippen LogP contribution in [0.3, 0.4) is 0 Å². The van der Waals surface area contributed by atoms with Crippen LogP contribution in [0.15, 0.2) is 0 Å². The summed E-state index contributed by atoms with van der Waals surface area (Å²) < 4.78 is 5.51. The largest absolute Gasteiger partial charge is 0.379 e. The van der Waals surface area contributed by atoms with Gasteiger partial charge in [-0.1, -0.05) is 20.3 Å². The number of nitrogens with zero attached hydrogens (tertiary/aromatic N) is 1. The molecule has 2 aliphatic rings. The summed E-state index contributed by atoms with van der Waals surface area (Å²) in [4.78, 5) is 14.7. The van der Waals surface area contributed by atoms with Gasteiger partial charge in [0.05, 0.1) is 19.1 Å². The summed E-state index contributed by atoms with van der Waals surface area (Å²) in [5.74, 6) is 1.15. The van der Waals surface area contributed by atoms with E-state index in [4.69, 9.17) is 4.74 Å². The van der Waals surface area contributed by atoms with Gasteiger partial charge in [0.1, 0.15) is 0 Å². The summed E-state index contributed by atoms with van der Waals surface area (Å²) in [5, 5.41) is 3.38. The highest BCUT2D eigenvalue weighted by Crippen LogP contribution is 2.30. The second kappa shape index (κ2) is 7.41. The minimum atomic E-state index is 0.00356. The van der Waals surface area contributed by atoms with Crippen molar-refractivity contribution >= 4 is 5.91 Å². The molecule has 4 nitrogen and oxygen atoms in total. The highest BCUT2D eigenvalue weighted by Gasteiger charge is 2.37. The molecule has 1 saturated carbocycles. The van der Waals surface area contributed by atoms with Crippen molar-refractivity contribution in [3.05, 3.63) is 0 Å². The number of amides is 1. The summed E-state index contributed by atoms with van der Waals surface area (Å²) in [5.41, 5.74) is 0. The van der Waals surface area contributed by atoms with Crippen molar-refractivity contribution in [3.63, 3.8) is 0 Å². The molecule has 1 amide bonds. The minimum absolute atomic E-state index is 0.00356. The van der Waals surface area contributed by atoms with E-state index in [2.05, 4.69) is 19.2 Å². The van der Waals surface area contributed by atoms with Crippen LogP contribution in [0.1, 0.15) is 46.0 Å². The molecule has 20 heavy (non-hydrogen) atoms. The van der Waals surface area contributed by atoms with E-state index in [1.54, 1.807) is 0 Å². The lowest BCUT2D eigenvalue weighted by atomic mass is 9.83. The van der Waals surface area contributed by atoms with E-state index in [9.17, 15) is 4.79 Å². The molecule has 2 rings (SSSR count). The summed E-state index contributed by atoms with van der Waals surface area (Å²) in [6.45, 7) is 6.49. The number of hydrogen-bond acceptors (Lipinski definition) is 3. The Kier molecular flexibility index (Phi) is 5.85. The minimum Gasteiger partial charge on any atom is -0.379 e. The Bertz CT molecular complexity index is 314. The van der Waals surface area contributed by atoms with Crippen LogP contribution in [0.5, 0.6) is 0 Å². The third-order valence-electron chi connectivity index (χ3n) is 5.15. The lowest BCUT2D eigenvalue weighted by Gasteiger charge is -2.36. The zero-order valence-corrected chi connectivity index (χ0v) is 13.2. The van der Waals surface area contributed by atoms with E-state index < -0.39 is 0 Å². The Morgan fingerprint density at radius 1 is 1.20 bits per heavy atom. The van der Waals surface area contributed by atoms with Crippen LogP contribution in [0.4, 0.5) is 0 Å². The third kappa shape index (κ3) is 3.53. The number of hydrogen-bond donors (Lipinski definition) is 1. The van der Waals surface area contributed by atoms with Gasteiger partial charge < -0.3 is 15.0 Å². The number of carbonyl (C=O) groups is 1. The lowest BCUT2D eigenvalue weighted by molar-refractivity contribution is -0.137. The van der Waals surface area contributed by atoms with Crippen molar-refractivity contribution in [1.29, 1.82) is 0 Å². The van der Waals surface area contributed by atoms with Crippen molar-refractivity contribution in [1.82, 2.24) is 10.2 Å². The van der Waals surface area contributed by atoms with Crippen LogP contribution < -0.4 is 5.32 Å². The molecule has 0 bridgehead atoms. The molecule has 0 aromatic carbocycles. The summed E-state index contributed by atoms with van der Waals surface area (Å²) in [7, 11) is 1.99. The molecule has 4 heteroatoms. The van der Waals surface area contributed by atoms with Gasteiger partial charge in [0, 0.05) is 19.1 Å². The van der Waals surface area contributed by atoms with E-state index in [0.29, 0.717) is 19.3 Å². The first-order valence-corrected chi connectivity index (χ1v) is 8.25. The lowest BCUT2D eigenvalue weighted by Crippen LogP contribution is -2.48. The maximum absolute atomic E-state index is 12.7. The fraction of sp³-hybridized carbons (Fsp3) is 0.938. The van der Waals surface area contributed by atoms with Crippen LogP contribution in [0, 0.1) is 11.8 Å². The van der Waals surface area contributed by atoms with E-state index in [1.165, 1.54) is 32.1 Å². The smallest absolute Gasteiger partial charge is 0.229 e. The number of ether oxygens (including phenoxy) is 1. The van der Waals surface area contributed by atoms with E-state index in [0.717, 1.165) is 12.5 Å². The van der Waals surface area contributed by atoms with Crippen molar-refractivity contribution in [2.24, 2.45) is 11.8 Å². The van der Waals surface area contributed by atoms with Gasteiger partial charge in [-0.25, -0.2) is 0 Å². The van der Waals surface area contributed by atoms with E-state index >= 15 is 0 Å². The van der Waals surface area contributed by atoms with E-state index in [1.807, 2.05) is 11.9 Å². The molecule has 1 saturated heterocycles. The van der Waals surface area contributed by atoms with Gasteiger partial charge in [0.2, 0.25) is 5.91 Å². The molecular formula is C16H30N2O2. The standard InChI is InChI=1S/C16H30N2O2/c1-4-12-6-8-13(9-7-12)18(3)16(19)14-10-20-11-15(14)17-5-2/h12-15,17H,4-11H2,1-3H3. The fourth-order valence-corrected chi connectivity index (χ4v) is 3.64. The average Bonchev–Trinajstić information content (AvgIpc) is 2.94. The van der Waals surface area contributed by atoms with Gasteiger partial charge in [-0.3, -0.25) is 4.79 Å². The Balaban J connectivity index is 1.88. The summed E-state index contributed by atoms with van der Waals surface area (Å²) >= 11 is 0. The Morgan fingerprint density at radius 2 is 1.90 bits per heavy atom. The van der Waals surface area contributed by atoms with Gasteiger partial charge in [-0.15, -0.1) is 0 Å². The quantitative estimate of drug-likeness (QED) is 0.839. The molecule has 1 N–H and O–H groups in total. The molecule has 0 aromatic rings. The maximum atomic E-state index is 12.7. The normalized spacial score (nSPS) is 34.1. The average molecular weight is 282 g/mol. The molecule has 116 valence electrons. The van der Waals surface area contributed by atoms with Crippen LogP contribution in [0.25, 0.3) is 0 Å². The first kappa shape index (κ1) is 15.8. The van der Waals surface area contributed by atoms with Gasteiger partial charge in [-0.05, 0) is 38.1 Å². The molecule has 0 radical (unpaired) electrons. The van der Waals surface area contributed by atoms with Crippen LogP contribution in [-0.4, -0.2) is 49.7 Å². The fourth-order valence-electron chi connectivity index (χ4n) is 3.64. The number of nitrogens with one attached hydrogen (secondary N) is 1. The first-order chi connectivity index (χ1) is 9.67. The van der Waals surface area contributed by atoms with Gasteiger partial charge in [0.25, 0.3) is 0 Å². The van der Waals surface area contributed by atoms with Crippen molar-refractivity contribution in [2.75, 3.05) is 26.8 Å². The SMILES string of the molecule is CCNC1COCC1C(=O)N(C)C1CCC(CC)CC1. The molecule has 2 fully saturated rings. The third-order valence-corrected chi connectivity index (χ3v) is 5.15. The Hall–Kier alpha value is -0.610. The van der Waals surface area contributed by atoms with E-state index in [-0.39, 0.29) is 17.9 Å². The number of carbonyl (C=O) groups excluding carboxylic acids is 1. The number of likely N-dealkylation sites (N-methyl/N-ethyl adjacent to an activating group) is 1. The zero-order chi connectivity index (χ0) is 14.5. The van der Waals surface area contributed by atoms with Gasteiger partial charge in [-0.2, -0.15) is 0 Å². The van der Waals surface area contributed by atoms with Crippen LogP contribution in [-0.2, 0) is 9.53 Å². The Labute approximate surface area is 123 Å². The molecule has 1 aliphatic heterocycles. The van der Waals surface area contributed by atoms with Crippen molar-refractivity contribution in [2.45, 2.75) is 58.0 Å². The van der Waals surface area contributed by atoms with Crippen molar-refractivity contribution in [3.8, 4) is 0 Å². The van der Waals surface area contributed by atoms with Crippen LogP contribution in [0.2, 0.25) is 0 Å². The predicted molar refractivity (Wildman–Crippen MR) is 80.6 cm³/mol. The number of rotatable bonds is 5. The molecule has 0 aromatic heterocycles. The second-order valence-electron chi connectivity index (χ2n) is 6.34. The molecule has 2 unspecified atom stereocenters. The first-order valence-electron chi connectivity index (χ1n) is 8.25. The van der Waals surface area contributed by atoms with Crippen molar-refractivity contribution < 1.29 is 9.53 Å². The second-order valence-corrected chi connectivity index (χ2v) is 6.34. The molecule has 2 atom stereocenters. The molecule has 1 aliphatic carbocycles. The monoisotopic (exact) mass is 282 g/mol. The van der Waals surface area contributed by atoms with Gasteiger partial charge >= 0.3 is 0 Å². The molecule has 0 spiro atoms. The summed E-state index contributed by atoms with van der Waals surface area (Å²) in [6, 6.07) is 0.634. The predicted octanol–water partition coefficient (Wildman–Crippen LogP) is 2.04. The maximum Gasteiger partial charge on any atom is 0.229 e. The Morgan fingerprint density at radius 3 is 2.50 bits per heavy atom. The highest BCUT2D eigenvalue weighted by molar-refractivity contribution is 5.80. The highest BCUT2D eigenvalue weighted by atomic mass is 16.5. The summed E-state index contributed by atoms with van der Waals surface area (Å²) in [6.07, 6.45) is 6.16. The topological polar surface area (TPSA) is 41.6 Å². The zero-order valence-electron chi connectivity index (χ0n) is 13.2. The molecule has 1 heterocycles. The van der Waals surface area contributed by atoms with Crippen LogP contribution >= 0.6 is 0 Å². The molecular weight excluding hydrogens is 252 g/mol.